The molecular weight excluding hydrogens is 297 g/mol. The molecule has 1 rings (SSSR count). The molecule has 0 radical (unpaired) electrons. The van der Waals surface area contributed by atoms with Crippen LogP contribution in [0.3, 0.4) is 0 Å². The van der Waals surface area contributed by atoms with Gasteiger partial charge in [-0.15, -0.1) is 0 Å². The Balaban J connectivity index is 2.38. The minimum Gasteiger partial charge on any atom is -0.481 e. The second kappa shape index (κ2) is 8.50. The quantitative estimate of drug-likeness (QED) is 0.761. The molecule has 20 heavy (non-hydrogen) atoms. The van der Waals surface area contributed by atoms with Crippen molar-refractivity contribution in [3.8, 4) is 0 Å². The maximum atomic E-state index is 10.9. The van der Waals surface area contributed by atoms with Gasteiger partial charge in [0.25, 0.3) is 0 Å². The summed E-state index contributed by atoms with van der Waals surface area (Å²) in [5, 5.41) is 10.3. The Bertz CT molecular complexity index is 431. The van der Waals surface area contributed by atoms with Crippen molar-refractivity contribution < 1.29 is 9.90 Å². The highest BCUT2D eigenvalue weighted by atomic mass is 35.5. The Morgan fingerprint density at radius 2 is 1.90 bits per heavy atom. The summed E-state index contributed by atoms with van der Waals surface area (Å²) < 4.78 is 0. The van der Waals surface area contributed by atoms with Crippen LogP contribution in [0.25, 0.3) is 0 Å². The Morgan fingerprint density at radius 1 is 1.30 bits per heavy atom. The van der Waals surface area contributed by atoms with Gasteiger partial charge in [-0.25, -0.2) is 0 Å². The molecule has 1 aromatic carbocycles. The number of carbonyl (C=O) groups is 1. The topological polar surface area (TPSA) is 63.3 Å². The molecule has 112 valence electrons. The van der Waals surface area contributed by atoms with E-state index in [-0.39, 0.29) is 6.54 Å². The maximum Gasteiger partial charge on any atom is 0.307 e. The molecule has 0 saturated heterocycles. The number of nitrogens with two attached hydrogens (primary N) is 1. The van der Waals surface area contributed by atoms with Gasteiger partial charge in [-0.2, -0.15) is 0 Å². The van der Waals surface area contributed by atoms with Crippen LogP contribution < -0.4 is 5.73 Å². The van der Waals surface area contributed by atoms with Crippen LogP contribution in [0, 0.1) is 11.8 Å². The average Bonchev–Trinajstić information content (AvgIpc) is 2.34. The Morgan fingerprint density at radius 3 is 2.40 bits per heavy atom. The predicted molar refractivity (Wildman–Crippen MR) is 83.4 cm³/mol. The van der Waals surface area contributed by atoms with Crippen molar-refractivity contribution in [2.45, 2.75) is 32.6 Å². The summed E-state index contributed by atoms with van der Waals surface area (Å²) in [4.78, 5) is 10.9. The van der Waals surface area contributed by atoms with E-state index in [2.05, 4.69) is 6.92 Å². The van der Waals surface area contributed by atoms with Gasteiger partial charge in [-0.3, -0.25) is 4.79 Å². The molecule has 1 aromatic rings. The summed E-state index contributed by atoms with van der Waals surface area (Å²) in [5.74, 6) is -0.902. The molecule has 3 nitrogen and oxygen atoms in total. The number of benzene rings is 1. The Hall–Kier alpha value is -0.770. The van der Waals surface area contributed by atoms with Gasteiger partial charge in [0.2, 0.25) is 0 Å². The zero-order chi connectivity index (χ0) is 15.1. The van der Waals surface area contributed by atoms with E-state index in [1.165, 1.54) is 0 Å². The fraction of sp³-hybridized carbons (Fsp3) is 0.533. The maximum absolute atomic E-state index is 10.9. The highest BCUT2D eigenvalue weighted by Gasteiger charge is 2.18. The van der Waals surface area contributed by atoms with Crippen molar-refractivity contribution in [2.24, 2.45) is 17.6 Å². The lowest BCUT2D eigenvalue weighted by atomic mass is 9.91. The van der Waals surface area contributed by atoms with E-state index in [0.717, 1.165) is 24.8 Å². The van der Waals surface area contributed by atoms with E-state index in [1.807, 2.05) is 12.1 Å². The highest BCUT2D eigenvalue weighted by Crippen LogP contribution is 2.22. The molecule has 0 saturated carbocycles. The second-order valence-corrected chi connectivity index (χ2v) is 6.15. The smallest absolute Gasteiger partial charge is 0.307 e. The summed E-state index contributed by atoms with van der Waals surface area (Å²) in [6.07, 6.45) is 3.47. The monoisotopic (exact) mass is 317 g/mol. The number of hydrogen-bond acceptors (Lipinski definition) is 2. The normalized spacial score (nSPS) is 14.0. The molecule has 0 heterocycles. The molecule has 0 fully saturated rings. The largest absolute Gasteiger partial charge is 0.481 e. The number of hydrogen-bond donors (Lipinski definition) is 2. The molecule has 3 N–H and O–H groups in total. The third kappa shape index (κ3) is 6.12. The lowest BCUT2D eigenvalue weighted by Crippen LogP contribution is -2.25. The van der Waals surface area contributed by atoms with Crippen molar-refractivity contribution in [1.29, 1.82) is 0 Å². The molecule has 0 aromatic heterocycles. The number of aryl methyl sites for hydroxylation is 1. The molecular formula is C15H21Cl2NO2. The zero-order valence-electron chi connectivity index (χ0n) is 11.6. The Labute approximate surface area is 130 Å². The van der Waals surface area contributed by atoms with Crippen LogP contribution in [0.4, 0.5) is 0 Å². The van der Waals surface area contributed by atoms with Crippen molar-refractivity contribution in [1.82, 2.24) is 0 Å². The molecule has 0 aliphatic carbocycles. The third-order valence-electron chi connectivity index (χ3n) is 3.41. The van der Waals surface area contributed by atoms with Crippen LogP contribution in [0.2, 0.25) is 10.0 Å². The van der Waals surface area contributed by atoms with E-state index in [0.29, 0.717) is 22.4 Å². The highest BCUT2D eigenvalue weighted by molar-refractivity contribution is 6.34. The molecule has 5 heteroatoms. The second-order valence-electron chi connectivity index (χ2n) is 5.28. The summed E-state index contributed by atoms with van der Waals surface area (Å²) >= 11 is 11.9. The van der Waals surface area contributed by atoms with Gasteiger partial charge in [0.15, 0.2) is 0 Å². The van der Waals surface area contributed by atoms with Gasteiger partial charge in [-0.05, 0) is 48.9 Å². The first-order valence-corrected chi connectivity index (χ1v) is 7.55. The predicted octanol–water partition coefficient (Wildman–Crippen LogP) is 4.00. The summed E-state index contributed by atoms with van der Waals surface area (Å²) in [6.45, 7) is 2.26. The SMILES string of the molecule is CC(CCCc1cc(Cl)cc(Cl)c1)CC(CN)C(=O)O. The molecule has 0 amide bonds. The van der Waals surface area contributed by atoms with Gasteiger partial charge < -0.3 is 10.8 Å². The number of halogens is 2. The first-order valence-electron chi connectivity index (χ1n) is 6.80. The third-order valence-corrected chi connectivity index (χ3v) is 3.84. The first-order chi connectivity index (χ1) is 9.42. The van der Waals surface area contributed by atoms with Crippen molar-refractivity contribution in [3.05, 3.63) is 33.8 Å². The minimum absolute atomic E-state index is 0.198. The number of rotatable bonds is 8. The fourth-order valence-electron chi connectivity index (χ4n) is 2.31. The van der Waals surface area contributed by atoms with E-state index < -0.39 is 11.9 Å². The summed E-state index contributed by atoms with van der Waals surface area (Å²) in [7, 11) is 0. The Kier molecular flexibility index (Phi) is 7.35. The lowest BCUT2D eigenvalue weighted by Gasteiger charge is -2.16. The van der Waals surface area contributed by atoms with E-state index in [1.54, 1.807) is 6.07 Å². The first kappa shape index (κ1) is 17.3. The van der Waals surface area contributed by atoms with Crippen LogP contribution in [0.5, 0.6) is 0 Å². The summed E-state index contributed by atoms with van der Waals surface area (Å²) in [5.41, 5.74) is 6.58. The zero-order valence-corrected chi connectivity index (χ0v) is 13.1. The lowest BCUT2D eigenvalue weighted by molar-refractivity contribution is -0.141. The average molecular weight is 318 g/mol. The minimum atomic E-state index is -0.805. The van der Waals surface area contributed by atoms with Gasteiger partial charge >= 0.3 is 5.97 Å². The molecule has 2 atom stereocenters. The van der Waals surface area contributed by atoms with Gasteiger partial charge in [0, 0.05) is 16.6 Å². The van der Waals surface area contributed by atoms with Crippen LogP contribution >= 0.6 is 23.2 Å². The molecule has 0 aliphatic heterocycles. The van der Waals surface area contributed by atoms with Crippen molar-refractivity contribution >= 4 is 29.2 Å². The van der Waals surface area contributed by atoms with E-state index in [9.17, 15) is 4.79 Å². The van der Waals surface area contributed by atoms with Crippen LogP contribution in [0.1, 0.15) is 31.7 Å². The standard InChI is InChI=1S/C15H21Cl2NO2/c1-10(5-12(9-18)15(19)20)3-2-4-11-6-13(16)8-14(17)7-11/h6-8,10,12H,2-5,9,18H2,1H3,(H,19,20). The number of aliphatic carboxylic acids is 1. The van der Waals surface area contributed by atoms with Crippen LogP contribution in [-0.4, -0.2) is 17.6 Å². The summed E-state index contributed by atoms with van der Waals surface area (Å²) in [6, 6.07) is 5.55. The molecule has 0 spiro atoms. The van der Waals surface area contributed by atoms with Crippen molar-refractivity contribution in [2.75, 3.05) is 6.54 Å². The molecule has 2 unspecified atom stereocenters. The molecule has 0 aliphatic rings. The van der Waals surface area contributed by atoms with Gasteiger partial charge in [0.1, 0.15) is 0 Å². The van der Waals surface area contributed by atoms with Gasteiger partial charge in [-0.1, -0.05) is 36.5 Å². The number of carboxylic acid groups (broad SMARTS) is 1. The number of carboxylic acids is 1. The van der Waals surface area contributed by atoms with Gasteiger partial charge in [0.05, 0.1) is 5.92 Å². The molecule has 0 bridgehead atoms. The van der Waals surface area contributed by atoms with Crippen molar-refractivity contribution in [3.63, 3.8) is 0 Å². The van der Waals surface area contributed by atoms with E-state index in [4.69, 9.17) is 34.0 Å². The van der Waals surface area contributed by atoms with E-state index >= 15 is 0 Å². The van der Waals surface area contributed by atoms with Crippen LogP contribution in [0.15, 0.2) is 18.2 Å². The van der Waals surface area contributed by atoms with Crippen LogP contribution in [-0.2, 0) is 11.2 Å². The fourth-order valence-corrected chi connectivity index (χ4v) is 2.88.